The van der Waals surface area contributed by atoms with Gasteiger partial charge in [0.1, 0.15) is 17.8 Å². The maximum absolute atomic E-state index is 12.6. The van der Waals surface area contributed by atoms with E-state index in [-0.39, 0.29) is 24.6 Å². The lowest BCUT2D eigenvalue weighted by Crippen LogP contribution is -2.54. The predicted molar refractivity (Wildman–Crippen MR) is 112 cm³/mol. The first-order valence-corrected chi connectivity index (χ1v) is 10.2. The summed E-state index contributed by atoms with van der Waals surface area (Å²) in [6.07, 6.45) is 1.27. The van der Waals surface area contributed by atoms with Crippen LogP contribution >= 0.6 is 0 Å². The fourth-order valence-electron chi connectivity index (χ4n) is 3.47. The number of carboxylic acids is 1. The minimum atomic E-state index is -1.13. The fraction of sp³-hybridized carbons (Fsp3) is 0.524. The Morgan fingerprint density at radius 2 is 1.84 bits per heavy atom. The molecule has 6 N–H and O–H groups in total. The van der Waals surface area contributed by atoms with Crippen LogP contribution in [0.2, 0.25) is 0 Å². The normalized spacial score (nSPS) is 17.8. The van der Waals surface area contributed by atoms with Crippen LogP contribution in [0.25, 0.3) is 0 Å². The molecule has 10 heteroatoms. The molecule has 10 nitrogen and oxygen atoms in total. The summed E-state index contributed by atoms with van der Waals surface area (Å²) < 4.78 is 0. The van der Waals surface area contributed by atoms with Gasteiger partial charge >= 0.3 is 5.97 Å². The van der Waals surface area contributed by atoms with Crippen LogP contribution in [0.5, 0.6) is 5.75 Å². The van der Waals surface area contributed by atoms with Crippen LogP contribution in [0, 0.1) is 5.92 Å². The van der Waals surface area contributed by atoms with Crippen LogP contribution in [0.3, 0.4) is 0 Å². The van der Waals surface area contributed by atoms with Crippen LogP contribution in [0.4, 0.5) is 0 Å². The Morgan fingerprint density at radius 1 is 1.19 bits per heavy atom. The highest BCUT2D eigenvalue weighted by atomic mass is 16.4. The number of nitrogens with one attached hydrogen (secondary N) is 2. The average molecular weight is 434 g/mol. The van der Waals surface area contributed by atoms with E-state index >= 15 is 0 Å². The SMILES string of the molecule is CC(C)C(NC(=O)C1CCCN1C(=O)CNC(=O)C(N)Cc1ccc(O)cc1)C(=O)O. The van der Waals surface area contributed by atoms with E-state index in [2.05, 4.69) is 10.6 Å². The number of phenolic OH excluding ortho intramolecular Hbond substituents is 1. The number of amides is 3. The van der Waals surface area contributed by atoms with Gasteiger partial charge in [-0.1, -0.05) is 26.0 Å². The van der Waals surface area contributed by atoms with Crippen molar-refractivity contribution < 1.29 is 29.4 Å². The van der Waals surface area contributed by atoms with E-state index in [9.17, 15) is 29.4 Å². The van der Waals surface area contributed by atoms with Gasteiger partial charge in [-0.2, -0.15) is 0 Å². The van der Waals surface area contributed by atoms with Crippen LogP contribution in [-0.4, -0.2) is 70.0 Å². The number of nitrogens with two attached hydrogens (primary N) is 1. The Bertz CT molecular complexity index is 811. The molecule has 0 bridgehead atoms. The second-order valence-corrected chi connectivity index (χ2v) is 8.01. The highest BCUT2D eigenvalue weighted by molar-refractivity contribution is 5.93. The van der Waals surface area contributed by atoms with Gasteiger partial charge in [0.25, 0.3) is 0 Å². The summed E-state index contributed by atoms with van der Waals surface area (Å²) in [6.45, 7) is 3.42. The molecule has 1 aromatic rings. The van der Waals surface area contributed by atoms with Crippen molar-refractivity contribution in [3.8, 4) is 5.75 Å². The zero-order chi connectivity index (χ0) is 23.1. The molecule has 0 saturated carbocycles. The van der Waals surface area contributed by atoms with Crippen molar-refractivity contribution in [3.05, 3.63) is 29.8 Å². The number of phenols is 1. The van der Waals surface area contributed by atoms with Gasteiger partial charge < -0.3 is 31.5 Å². The molecular weight excluding hydrogens is 404 g/mol. The quantitative estimate of drug-likeness (QED) is 0.353. The molecule has 0 aromatic heterocycles. The molecule has 31 heavy (non-hydrogen) atoms. The third-order valence-electron chi connectivity index (χ3n) is 5.25. The van der Waals surface area contributed by atoms with E-state index in [4.69, 9.17) is 5.73 Å². The predicted octanol–water partition coefficient (Wildman–Crippen LogP) is -0.405. The van der Waals surface area contributed by atoms with Crippen LogP contribution in [-0.2, 0) is 25.6 Å². The van der Waals surface area contributed by atoms with Gasteiger partial charge in [-0.25, -0.2) is 4.79 Å². The molecule has 0 radical (unpaired) electrons. The van der Waals surface area contributed by atoms with Crippen LogP contribution in [0.1, 0.15) is 32.3 Å². The minimum absolute atomic E-state index is 0.111. The van der Waals surface area contributed by atoms with Crippen molar-refractivity contribution in [1.82, 2.24) is 15.5 Å². The molecule has 1 heterocycles. The van der Waals surface area contributed by atoms with Crippen LogP contribution < -0.4 is 16.4 Å². The average Bonchev–Trinajstić information content (AvgIpc) is 3.21. The van der Waals surface area contributed by atoms with Crippen LogP contribution in [0.15, 0.2) is 24.3 Å². The number of carboxylic acid groups (broad SMARTS) is 1. The summed E-state index contributed by atoms with van der Waals surface area (Å²) in [5.74, 6) is -2.77. The van der Waals surface area contributed by atoms with Crippen molar-refractivity contribution >= 4 is 23.7 Å². The highest BCUT2D eigenvalue weighted by Crippen LogP contribution is 2.18. The van der Waals surface area contributed by atoms with E-state index in [1.807, 2.05) is 0 Å². The lowest BCUT2D eigenvalue weighted by molar-refractivity contribution is -0.145. The number of aromatic hydroxyl groups is 1. The van der Waals surface area contributed by atoms with Gasteiger partial charge in [-0.3, -0.25) is 14.4 Å². The summed E-state index contributed by atoms with van der Waals surface area (Å²) in [6, 6.07) is 3.62. The third kappa shape index (κ3) is 6.68. The van der Waals surface area contributed by atoms with Gasteiger partial charge in [0, 0.05) is 6.54 Å². The van der Waals surface area contributed by atoms with E-state index in [1.54, 1.807) is 26.0 Å². The molecular formula is C21H30N4O6. The van der Waals surface area contributed by atoms with Gasteiger partial charge in [0.15, 0.2) is 0 Å². The Morgan fingerprint density at radius 3 is 2.42 bits per heavy atom. The third-order valence-corrected chi connectivity index (χ3v) is 5.25. The molecule has 1 aromatic carbocycles. The Kier molecular flexibility index (Phi) is 8.38. The first kappa shape index (κ1) is 24.1. The monoisotopic (exact) mass is 434 g/mol. The summed E-state index contributed by atoms with van der Waals surface area (Å²) in [4.78, 5) is 50.1. The van der Waals surface area contributed by atoms with E-state index in [0.29, 0.717) is 19.4 Å². The molecule has 170 valence electrons. The smallest absolute Gasteiger partial charge is 0.326 e. The molecule has 0 aliphatic carbocycles. The maximum Gasteiger partial charge on any atom is 0.326 e. The number of aliphatic carboxylic acids is 1. The second kappa shape index (κ2) is 10.8. The number of carbonyl (C=O) groups excluding carboxylic acids is 3. The molecule has 0 spiro atoms. The summed E-state index contributed by atoms with van der Waals surface area (Å²) >= 11 is 0. The minimum Gasteiger partial charge on any atom is -0.508 e. The number of nitrogens with zero attached hydrogens (tertiary/aromatic N) is 1. The number of hydrogen-bond donors (Lipinski definition) is 5. The highest BCUT2D eigenvalue weighted by Gasteiger charge is 2.36. The zero-order valence-corrected chi connectivity index (χ0v) is 17.7. The summed E-state index contributed by atoms with van der Waals surface area (Å²) in [5, 5.41) is 23.6. The Labute approximate surface area is 180 Å². The topological polar surface area (TPSA) is 162 Å². The van der Waals surface area contributed by atoms with Crippen molar-refractivity contribution in [1.29, 1.82) is 0 Å². The number of carbonyl (C=O) groups is 4. The molecule has 3 amide bonds. The van der Waals surface area contributed by atoms with Gasteiger partial charge in [-0.05, 0) is 42.9 Å². The Hall–Kier alpha value is -3.14. The molecule has 3 unspecified atom stereocenters. The van der Waals surface area contributed by atoms with Gasteiger partial charge in [0.05, 0.1) is 12.6 Å². The van der Waals surface area contributed by atoms with Crippen molar-refractivity contribution in [2.45, 2.75) is 51.2 Å². The summed E-state index contributed by atoms with van der Waals surface area (Å²) in [5.41, 5.74) is 6.66. The fourth-order valence-corrected chi connectivity index (χ4v) is 3.47. The number of benzene rings is 1. The van der Waals surface area contributed by atoms with Gasteiger partial charge in [0.2, 0.25) is 17.7 Å². The zero-order valence-electron chi connectivity index (χ0n) is 17.7. The number of likely N-dealkylation sites (tertiary alicyclic amines) is 1. The van der Waals surface area contributed by atoms with E-state index < -0.39 is 41.8 Å². The standard InChI is InChI=1S/C21H30N4O6/c1-12(2)18(21(30)31)24-20(29)16-4-3-9-25(16)17(27)11-23-19(28)15(22)10-13-5-7-14(26)8-6-13/h5-8,12,15-16,18,26H,3-4,9-11,22H2,1-2H3,(H,23,28)(H,24,29)(H,30,31). The first-order chi connectivity index (χ1) is 14.6. The second-order valence-electron chi connectivity index (χ2n) is 8.01. The maximum atomic E-state index is 12.6. The molecule has 1 fully saturated rings. The number of rotatable bonds is 9. The molecule has 1 saturated heterocycles. The lowest BCUT2D eigenvalue weighted by Gasteiger charge is -2.26. The largest absolute Gasteiger partial charge is 0.508 e. The lowest BCUT2D eigenvalue weighted by atomic mass is 10.0. The molecule has 1 aliphatic rings. The van der Waals surface area contributed by atoms with E-state index in [1.165, 1.54) is 17.0 Å². The van der Waals surface area contributed by atoms with Crippen molar-refractivity contribution in [3.63, 3.8) is 0 Å². The molecule has 1 aliphatic heterocycles. The van der Waals surface area contributed by atoms with E-state index in [0.717, 1.165) is 5.56 Å². The Balaban J connectivity index is 1.88. The van der Waals surface area contributed by atoms with Crippen molar-refractivity contribution in [2.75, 3.05) is 13.1 Å². The first-order valence-electron chi connectivity index (χ1n) is 10.2. The number of hydrogen-bond acceptors (Lipinski definition) is 6. The molecule has 3 atom stereocenters. The van der Waals surface area contributed by atoms with Gasteiger partial charge in [-0.15, -0.1) is 0 Å². The summed E-state index contributed by atoms with van der Waals surface area (Å²) in [7, 11) is 0. The molecule has 2 rings (SSSR count). The van der Waals surface area contributed by atoms with Crippen molar-refractivity contribution in [2.24, 2.45) is 11.7 Å².